The topological polar surface area (TPSA) is 101 Å². The fourth-order valence-electron chi connectivity index (χ4n) is 1.81. The minimum atomic E-state index is -3.66. The van der Waals surface area contributed by atoms with E-state index in [4.69, 9.17) is 0 Å². The fraction of sp³-hybridized carbons (Fsp3) is 0.400. The largest absolute Gasteiger partial charge is 0.389 e. The van der Waals surface area contributed by atoms with Crippen LogP contribution < -0.4 is 4.90 Å². The summed E-state index contributed by atoms with van der Waals surface area (Å²) in [6, 6.07) is 3.94. The van der Waals surface area contributed by atoms with Crippen molar-refractivity contribution in [1.82, 2.24) is 0 Å². The number of sulfone groups is 1. The highest BCUT2D eigenvalue weighted by molar-refractivity contribution is 7.90. The quantitative estimate of drug-likeness (QED) is 0.622. The second-order valence-corrected chi connectivity index (χ2v) is 6.22. The van der Waals surface area contributed by atoms with Gasteiger partial charge in [0, 0.05) is 31.1 Å². The fourth-order valence-corrected chi connectivity index (χ4v) is 2.67. The summed E-state index contributed by atoms with van der Waals surface area (Å²) in [7, 11) is -3.66. The Kier molecular flexibility index (Phi) is 2.99. The van der Waals surface area contributed by atoms with E-state index in [1.165, 1.54) is 18.2 Å². The average molecular weight is 272 g/mol. The Morgan fingerprint density at radius 1 is 1.44 bits per heavy atom. The molecule has 98 valence electrons. The number of β-amino-alcohol motifs (C(OH)–C–C–N with tert-alkyl or cyclic N) is 1. The predicted molar refractivity (Wildman–Crippen MR) is 64.4 cm³/mol. The number of aliphatic hydroxyl groups excluding tert-OH is 1. The first-order chi connectivity index (χ1) is 8.29. The summed E-state index contributed by atoms with van der Waals surface area (Å²) in [5.41, 5.74) is 0.133. The maximum atomic E-state index is 11.5. The number of aliphatic hydroxyl groups is 1. The van der Waals surface area contributed by atoms with E-state index in [1.807, 2.05) is 0 Å². The summed E-state index contributed by atoms with van der Waals surface area (Å²) in [6.45, 7) is 0.808. The molecular formula is C10H12N2O5S. The van der Waals surface area contributed by atoms with E-state index in [2.05, 4.69) is 0 Å². The summed E-state index contributed by atoms with van der Waals surface area (Å²) in [6.07, 6.45) is 0.506. The van der Waals surface area contributed by atoms with Crippen molar-refractivity contribution in [2.45, 2.75) is 11.0 Å². The van der Waals surface area contributed by atoms with Crippen LogP contribution in [0.25, 0.3) is 0 Å². The molecule has 1 N–H and O–H groups in total. The Morgan fingerprint density at radius 3 is 2.50 bits per heavy atom. The van der Waals surface area contributed by atoms with Gasteiger partial charge in [0.05, 0.1) is 11.0 Å². The van der Waals surface area contributed by atoms with E-state index in [0.29, 0.717) is 18.8 Å². The van der Waals surface area contributed by atoms with Crippen LogP contribution in [-0.2, 0) is 9.84 Å². The van der Waals surface area contributed by atoms with Crippen LogP contribution in [0.1, 0.15) is 0 Å². The lowest BCUT2D eigenvalue weighted by molar-refractivity contribution is -0.387. The van der Waals surface area contributed by atoms with Crippen molar-refractivity contribution in [3.63, 3.8) is 0 Å². The normalized spacial score (nSPS) is 16.4. The summed E-state index contributed by atoms with van der Waals surface area (Å²) < 4.78 is 23.1. The van der Waals surface area contributed by atoms with Crippen molar-refractivity contribution in [3.05, 3.63) is 28.3 Å². The zero-order valence-electron chi connectivity index (χ0n) is 9.61. The molecule has 1 aliphatic heterocycles. The zero-order valence-corrected chi connectivity index (χ0v) is 10.4. The van der Waals surface area contributed by atoms with Gasteiger partial charge < -0.3 is 10.0 Å². The standard InChI is InChI=1S/C10H12N2O5S/c1-18(16,17)10-4-7(11-5-8(13)6-11)2-3-9(10)12(14)15/h2-4,8,13H,5-6H2,1H3. The number of benzene rings is 1. The Hall–Kier alpha value is -1.67. The lowest BCUT2D eigenvalue weighted by Crippen LogP contribution is -2.50. The van der Waals surface area contributed by atoms with Crippen molar-refractivity contribution >= 4 is 21.2 Å². The molecule has 1 aliphatic rings. The van der Waals surface area contributed by atoms with Crippen molar-refractivity contribution in [2.75, 3.05) is 24.2 Å². The third-order valence-electron chi connectivity index (χ3n) is 2.77. The van der Waals surface area contributed by atoms with Crippen LogP contribution in [0.15, 0.2) is 23.1 Å². The van der Waals surface area contributed by atoms with Gasteiger partial charge in [-0.1, -0.05) is 0 Å². The minimum Gasteiger partial charge on any atom is -0.389 e. The van der Waals surface area contributed by atoms with Crippen LogP contribution in [0.3, 0.4) is 0 Å². The van der Waals surface area contributed by atoms with Gasteiger partial charge in [-0.2, -0.15) is 0 Å². The molecule has 18 heavy (non-hydrogen) atoms. The van der Waals surface area contributed by atoms with Gasteiger partial charge in [-0.15, -0.1) is 0 Å². The van der Waals surface area contributed by atoms with Gasteiger partial charge in [0.1, 0.15) is 4.90 Å². The molecule has 1 heterocycles. The Balaban J connectivity index is 2.46. The first-order valence-electron chi connectivity index (χ1n) is 5.20. The van der Waals surface area contributed by atoms with Gasteiger partial charge in [0.2, 0.25) is 0 Å². The van der Waals surface area contributed by atoms with Gasteiger partial charge >= 0.3 is 0 Å². The summed E-state index contributed by atoms with van der Waals surface area (Å²) >= 11 is 0. The number of anilines is 1. The molecule has 8 heteroatoms. The molecule has 0 atom stereocenters. The van der Waals surface area contributed by atoms with Crippen molar-refractivity contribution in [3.8, 4) is 0 Å². The van der Waals surface area contributed by atoms with Crippen LogP contribution >= 0.6 is 0 Å². The highest BCUT2D eigenvalue weighted by atomic mass is 32.2. The summed E-state index contributed by atoms with van der Waals surface area (Å²) in [5.74, 6) is 0. The molecule has 0 aliphatic carbocycles. The smallest absolute Gasteiger partial charge is 0.288 e. The van der Waals surface area contributed by atoms with E-state index in [1.54, 1.807) is 4.90 Å². The maximum Gasteiger partial charge on any atom is 0.288 e. The van der Waals surface area contributed by atoms with Crippen LogP contribution in [-0.4, -0.2) is 43.9 Å². The number of nitro groups is 1. The molecule has 1 aromatic rings. The van der Waals surface area contributed by atoms with Gasteiger partial charge in [-0.3, -0.25) is 10.1 Å². The number of hydrogen-bond acceptors (Lipinski definition) is 6. The van der Waals surface area contributed by atoms with E-state index in [0.717, 1.165) is 6.26 Å². The molecule has 0 aromatic heterocycles. The van der Waals surface area contributed by atoms with Crippen molar-refractivity contribution < 1.29 is 18.4 Å². The van der Waals surface area contributed by atoms with Crippen LogP contribution in [0.2, 0.25) is 0 Å². The van der Waals surface area contributed by atoms with Crippen LogP contribution in [0, 0.1) is 10.1 Å². The highest BCUT2D eigenvalue weighted by Gasteiger charge is 2.28. The molecule has 2 rings (SSSR count). The van der Waals surface area contributed by atoms with Crippen LogP contribution in [0.5, 0.6) is 0 Å². The number of rotatable bonds is 3. The molecule has 1 aromatic carbocycles. The third kappa shape index (κ3) is 2.29. The monoisotopic (exact) mass is 272 g/mol. The van der Waals surface area contributed by atoms with Crippen molar-refractivity contribution in [1.29, 1.82) is 0 Å². The van der Waals surface area contributed by atoms with Crippen LogP contribution in [0.4, 0.5) is 11.4 Å². The number of nitro benzene ring substituents is 1. The number of nitrogens with zero attached hydrogens (tertiary/aromatic N) is 2. The molecule has 0 bridgehead atoms. The SMILES string of the molecule is CS(=O)(=O)c1cc(N2CC(O)C2)ccc1[N+](=O)[O-]. The van der Waals surface area contributed by atoms with Gasteiger partial charge in [0.15, 0.2) is 9.84 Å². The molecule has 0 spiro atoms. The summed E-state index contributed by atoms with van der Waals surface area (Å²) in [4.78, 5) is 11.5. The zero-order chi connectivity index (χ0) is 13.5. The lowest BCUT2D eigenvalue weighted by Gasteiger charge is -2.37. The molecular weight excluding hydrogens is 260 g/mol. The molecule has 0 radical (unpaired) electrons. The minimum absolute atomic E-state index is 0.300. The average Bonchev–Trinajstić information content (AvgIpc) is 2.22. The maximum absolute atomic E-state index is 11.5. The molecule has 7 nitrogen and oxygen atoms in total. The van der Waals surface area contributed by atoms with Gasteiger partial charge in [0.25, 0.3) is 5.69 Å². The molecule has 0 unspecified atom stereocenters. The third-order valence-corrected chi connectivity index (χ3v) is 3.89. The summed E-state index contributed by atoms with van der Waals surface area (Å²) in [5, 5.41) is 20.0. The van der Waals surface area contributed by atoms with Gasteiger partial charge in [-0.25, -0.2) is 8.42 Å². The van der Waals surface area contributed by atoms with E-state index in [9.17, 15) is 23.6 Å². The first-order valence-corrected chi connectivity index (χ1v) is 7.09. The molecule has 0 saturated carbocycles. The molecule has 0 amide bonds. The van der Waals surface area contributed by atoms with Crippen molar-refractivity contribution in [2.24, 2.45) is 0 Å². The Labute approximate surface area is 104 Å². The second-order valence-electron chi connectivity index (χ2n) is 4.24. The van der Waals surface area contributed by atoms with E-state index >= 15 is 0 Å². The predicted octanol–water partition coefficient (Wildman–Crippen LogP) is 0.179. The van der Waals surface area contributed by atoms with Gasteiger partial charge in [-0.05, 0) is 12.1 Å². The second kappa shape index (κ2) is 4.21. The Morgan fingerprint density at radius 2 is 2.06 bits per heavy atom. The highest BCUT2D eigenvalue weighted by Crippen LogP contribution is 2.30. The number of hydrogen-bond donors (Lipinski definition) is 1. The first kappa shape index (κ1) is 12.8. The molecule has 1 fully saturated rings. The Bertz CT molecular complexity index is 592. The molecule has 1 saturated heterocycles. The lowest BCUT2D eigenvalue weighted by atomic mass is 10.1. The van der Waals surface area contributed by atoms with E-state index < -0.39 is 26.6 Å². The van der Waals surface area contributed by atoms with E-state index in [-0.39, 0.29) is 4.90 Å².